The van der Waals surface area contributed by atoms with Crippen LogP contribution in [0.1, 0.15) is 32.7 Å². The van der Waals surface area contributed by atoms with E-state index in [1.165, 1.54) is 12.4 Å². The molecule has 0 spiro atoms. The maximum atomic E-state index is 15.5. The number of hydrogen-bond acceptors (Lipinski definition) is 9. The van der Waals surface area contributed by atoms with E-state index in [0.29, 0.717) is 67.4 Å². The maximum absolute atomic E-state index is 15.5. The van der Waals surface area contributed by atoms with E-state index in [1.807, 2.05) is 25.1 Å². The maximum Gasteiger partial charge on any atom is 0.300 e. The average molecular weight is 614 g/mol. The molecule has 0 aliphatic carbocycles. The van der Waals surface area contributed by atoms with Crippen LogP contribution in [0.3, 0.4) is 0 Å². The summed E-state index contributed by atoms with van der Waals surface area (Å²) in [4.78, 5) is 32.6. The number of carbonyl (C=O) groups is 2. The van der Waals surface area contributed by atoms with Crippen LogP contribution in [-0.4, -0.2) is 67.9 Å². The molecule has 0 saturated carbocycles. The minimum absolute atomic E-state index is 0.105. The Morgan fingerprint density at radius 2 is 1.93 bits per heavy atom. The first-order valence-corrected chi connectivity index (χ1v) is 14.3. The van der Waals surface area contributed by atoms with Crippen LogP contribution >= 0.6 is 0 Å². The number of aliphatic carboxylic acids is 1. The van der Waals surface area contributed by atoms with Crippen LogP contribution in [0.25, 0.3) is 22.3 Å². The molecule has 4 aromatic rings. The molecule has 0 bridgehead atoms. The number of anilines is 1. The van der Waals surface area contributed by atoms with Crippen LogP contribution < -0.4 is 10.5 Å². The summed E-state index contributed by atoms with van der Waals surface area (Å²) >= 11 is 0. The largest absolute Gasteiger partial charge is 0.481 e. The Morgan fingerprint density at radius 1 is 1.20 bits per heavy atom. The van der Waals surface area contributed by atoms with Gasteiger partial charge in [0.15, 0.2) is 5.65 Å². The van der Waals surface area contributed by atoms with E-state index in [0.717, 1.165) is 6.92 Å². The van der Waals surface area contributed by atoms with Gasteiger partial charge in [-0.3, -0.25) is 9.59 Å². The molecule has 6 rings (SSSR count). The number of amides is 1. The molecule has 12 nitrogen and oxygen atoms in total. The molecule has 2 saturated heterocycles. The van der Waals surface area contributed by atoms with E-state index < -0.39 is 11.8 Å². The summed E-state index contributed by atoms with van der Waals surface area (Å²) in [5.41, 5.74) is 7.03. The van der Waals surface area contributed by atoms with Crippen LogP contribution in [0, 0.1) is 22.6 Å². The molecule has 2 aromatic carbocycles. The lowest BCUT2D eigenvalue weighted by Gasteiger charge is -2.36. The molecule has 2 fully saturated rings. The number of nitrogens with two attached hydrogens (primary N) is 1. The quantitative estimate of drug-likeness (QED) is 0.229. The molecular formula is C32H32FN7O5. The van der Waals surface area contributed by atoms with Gasteiger partial charge in [-0.1, -0.05) is 31.2 Å². The van der Waals surface area contributed by atoms with E-state index in [9.17, 15) is 10.1 Å². The van der Waals surface area contributed by atoms with Gasteiger partial charge in [-0.2, -0.15) is 10.4 Å². The van der Waals surface area contributed by atoms with Crippen molar-refractivity contribution >= 4 is 28.7 Å². The second-order valence-corrected chi connectivity index (χ2v) is 11.2. The molecule has 4 heterocycles. The third kappa shape index (κ3) is 6.91. The Hall–Kier alpha value is -5.35. The average Bonchev–Trinajstić information content (AvgIpc) is 3.40. The molecule has 0 radical (unpaired) electrons. The first kappa shape index (κ1) is 31.1. The number of para-hydroxylation sites is 1. The fraction of sp³-hybridized carbons (Fsp3) is 0.312. The highest BCUT2D eigenvalue weighted by Gasteiger charge is 2.35. The van der Waals surface area contributed by atoms with Crippen molar-refractivity contribution in [2.45, 2.75) is 32.7 Å². The van der Waals surface area contributed by atoms with Crippen LogP contribution in [0.4, 0.5) is 10.2 Å². The van der Waals surface area contributed by atoms with Gasteiger partial charge in [-0.25, -0.2) is 19.0 Å². The van der Waals surface area contributed by atoms with E-state index in [4.69, 9.17) is 30.2 Å². The number of benzene rings is 2. The number of ether oxygens (including phenoxy) is 2. The fourth-order valence-electron chi connectivity index (χ4n) is 5.32. The fourth-order valence-corrected chi connectivity index (χ4v) is 5.32. The topological polar surface area (TPSA) is 169 Å². The smallest absolute Gasteiger partial charge is 0.300 e. The number of nitrogens with zero attached hydrogens (tertiary/aromatic N) is 6. The highest BCUT2D eigenvalue weighted by atomic mass is 19.1. The van der Waals surface area contributed by atoms with Gasteiger partial charge in [-0.15, -0.1) is 0 Å². The van der Waals surface area contributed by atoms with Crippen LogP contribution in [0.15, 0.2) is 66.5 Å². The van der Waals surface area contributed by atoms with Gasteiger partial charge in [0.1, 0.15) is 46.8 Å². The van der Waals surface area contributed by atoms with Crippen molar-refractivity contribution in [2.24, 2.45) is 5.41 Å². The Balaban J connectivity index is 0.000000945. The zero-order valence-electron chi connectivity index (χ0n) is 24.8. The lowest BCUT2D eigenvalue weighted by atomic mass is 9.86. The number of hydrogen-bond donors (Lipinski definition) is 2. The zero-order valence-corrected chi connectivity index (χ0v) is 24.8. The molecule has 3 N–H and O–H groups in total. The summed E-state index contributed by atoms with van der Waals surface area (Å²) in [7, 11) is 0. The summed E-state index contributed by atoms with van der Waals surface area (Å²) < 4.78 is 28.3. The third-order valence-corrected chi connectivity index (χ3v) is 7.43. The summed E-state index contributed by atoms with van der Waals surface area (Å²) in [6.07, 6.45) is 4.47. The Morgan fingerprint density at radius 3 is 2.58 bits per heavy atom. The van der Waals surface area contributed by atoms with Crippen LogP contribution in [0.2, 0.25) is 0 Å². The van der Waals surface area contributed by atoms with Crippen molar-refractivity contribution < 1.29 is 28.6 Å². The number of piperidine rings is 1. The SMILES string of the molecule is CC(=O)O.CC1(/C=C(\C#N)C(=O)N2CCC[C@@H](n3nc(-c4ccc(Oc5ccccc5)cc4F)c4c(N)ncnc43)C2)COC1. The molecule has 0 unspecified atom stereocenters. The molecule has 1 atom stereocenters. The number of aromatic nitrogens is 4. The van der Waals surface area contributed by atoms with Gasteiger partial charge < -0.3 is 25.2 Å². The lowest BCUT2D eigenvalue weighted by molar-refractivity contribution is -0.134. The number of likely N-dealkylation sites (tertiary alicyclic amines) is 1. The summed E-state index contributed by atoms with van der Waals surface area (Å²) in [6.45, 7) is 4.83. The Labute approximate surface area is 258 Å². The highest BCUT2D eigenvalue weighted by Crippen LogP contribution is 2.37. The van der Waals surface area contributed by atoms with Crippen molar-refractivity contribution in [3.8, 4) is 28.8 Å². The number of carbonyl (C=O) groups excluding carboxylic acids is 1. The number of carboxylic acid groups (broad SMARTS) is 1. The van der Waals surface area contributed by atoms with Gasteiger partial charge in [0, 0.05) is 37.1 Å². The number of rotatable bonds is 6. The van der Waals surface area contributed by atoms with Crippen LogP contribution in [-0.2, 0) is 14.3 Å². The number of nitriles is 1. The second kappa shape index (κ2) is 13.1. The van der Waals surface area contributed by atoms with Crippen molar-refractivity contribution in [1.29, 1.82) is 5.26 Å². The number of carboxylic acids is 1. The van der Waals surface area contributed by atoms with Gasteiger partial charge in [0.25, 0.3) is 11.9 Å². The summed E-state index contributed by atoms with van der Waals surface area (Å²) in [5, 5.41) is 22.4. The Kier molecular flexibility index (Phi) is 9.06. The van der Waals surface area contributed by atoms with Crippen LogP contribution in [0.5, 0.6) is 11.5 Å². The molecular weight excluding hydrogens is 581 g/mol. The standard InChI is InChI=1S/C30H28FN7O3.C2H4O2/c1-30(16-40-17-30)13-19(14-32)29(39)37-11-5-6-20(15-37)38-28-25(27(33)34-18-35-28)26(36-38)23-10-9-22(12-24(23)31)41-21-7-3-2-4-8-21;1-2(3)4/h2-4,7-10,12-13,18,20H,5-6,11,15-17H2,1H3,(H2,33,34,35);1H3,(H,3,4)/b19-13+;/t20-;/m1./s1. The first-order valence-electron chi connectivity index (χ1n) is 14.3. The van der Waals surface area contributed by atoms with E-state index >= 15 is 4.39 Å². The number of fused-ring (bicyclic) bond motifs is 1. The predicted molar refractivity (Wildman–Crippen MR) is 162 cm³/mol. The van der Waals surface area contributed by atoms with Gasteiger partial charge in [-0.05, 0) is 37.1 Å². The lowest BCUT2D eigenvalue weighted by Crippen LogP contribution is -2.43. The van der Waals surface area contributed by atoms with E-state index in [-0.39, 0.29) is 34.3 Å². The van der Waals surface area contributed by atoms with E-state index in [2.05, 4.69) is 16.0 Å². The van der Waals surface area contributed by atoms with Crippen molar-refractivity contribution in [2.75, 3.05) is 32.0 Å². The normalized spacial score (nSPS) is 17.4. The first-order chi connectivity index (χ1) is 21.6. The molecule has 13 heteroatoms. The van der Waals surface area contributed by atoms with Crippen molar-refractivity contribution in [3.63, 3.8) is 0 Å². The number of halogens is 1. The third-order valence-electron chi connectivity index (χ3n) is 7.43. The molecule has 232 valence electrons. The van der Waals surface area contributed by atoms with Gasteiger partial charge >= 0.3 is 0 Å². The van der Waals surface area contributed by atoms with Gasteiger partial charge in [0.2, 0.25) is 0 Å². The monoisotopic (exact) mass is 613 g/mol. The highest BCUT2D eigenvalue weighted by molar-refractivity contribution is 5.99. The Bertz CT molecular complexity index is 1790. The summed E-state index contributed by atoms with van der Waals surface area (Å²) in [5.74, 6) is -0.583. The molecule has 45 heavy (non-hydrogen) atoms. The molecule has 2 aliphatic rings. The molecule has 2 aliphatic heterocycles. The molecule has 1 amide bonds. The predicted octanol–water partition coefficient (Wildman–Crippen LogP) is 4.75. The van der Waals surface area contributed by atoms with Gasteiger partial charge in [0.05, 0.1) is 24.6 Å². The minimum atomic E-state index is -0.833. The minimum Gasteiger partial charge on any atom is -0.481 e. The van der Waals surface area contributed by atoms with E-state index in [1.54, 1.807) is 39.9 Å². The number of nitrogen functional groups attached to an aromatic ring is 1. The zero-order chi connectivity index (χ0) is 32.1. The van der Waals surface area contributed by atoms with Crippen molar-refractivity contribution in [3.05, 3.63) is 72.3 Å². The molecule has 2 aromatic heterocycles. The second-order valence-electron chi connectivity index (χ2n) is 11.2. The summed E-state index contributed by atoms with van der Waals surface area (Å²) in [6, 6.07) is 15.5. The van der Waals surface area contributed by atoms with Crippen molar-refractivity contribution in [1.82, 2.24) is 24.6 Å².